The van der Waals surface area contributed by atoms with E-state index < -0.39 is 35.3 Å². The third kappa shape index (κ3) is 18.3. The number of hydrogen-bond acceptors (Lipinski definition) is 7. The molecular formula is C35H48N2O7. The highest BCUT2D eigenvalue weighted by molar-refractivity contribution is 5.91. The number of unbranched alkanes of at least 4 members (excludes halogenated alkanes) is 1. The van der Waals surface area contributed by atoms with E-state index in [0.29, 0.717) is 6.42 Å². The van der Waals surface area contributed by atoms with Gasteiger partial charge >= 0.3 is 17.9 Å². The largest absolute Gasteiger partial charge is 0.481 e. The molecule has 0 aromatic carbocycles. The Labute approximate surface area is 261 Å². The van der Waals surface area contributed by atoms with Crippen LogP contribution in [0.3, 0.4) is 0 Å². The van der Waals surface area contributed by atoms with E-state index in [1.807, 2.05) is 6.08 Å². The van der Waals surface area contributed by atoms with E-state index in [1.165, 1.54) is 12.3 Å². The van der Waals surface area contributed by atoms with Crippen molar-refractivity contribution in [2.45, 2.75) is 84.7 Å². The second-order valence-corrected chi connectivity index (χ2v) is 10.7. The zero-order chi connectivity index (χ0) is 32.5. The third-order valence-electron chi connectivity index (χ3n) is 6.20. The van der Waals surface area contributed by atoms with Crippen LogP contribution in [0, 0.1) is 5.41 Å². The fourth-order valence-corrected chi connectivity index (χ4v) is 3.75. The predicted octanol–water partition coefficient (Wildman–Crippen LogP) is 6.69. The summed E-state index contributed by atoms with van der Waals surface area (Å²) in [6.45, 7) is 5.06. The monoisotopic (exact) mass is 608 g/mol. The molecule has 9 heteroatoms. The molecule has 0 saturated carbocycles. The summed E-state index contributed by atoms with van der Waals surface area (Å²) >= 11 is 0. The molecule has 1 aromatic heterocycles. The van der Waals surface area contributed by atoms with Gasteiger partial charge in [0.25, 0.3) is 5.91 Å². The van der Waals surface area contributed by atoms with Crippen LogP contribution in [0.2, 0.25) is 0 Å². The minimum Gasteiger partial charge on any atom is -0.481 e. The van der Waals surface area contributed by atoms with E-state index in [2.05, 4.69) is 71.9 Å². The Kier molecular flexibility index (Phi) is 19.9. The Balaban J connectivity index is 2.43. The second-order valence-electron chi connectivity index (χ2n) is 10.7. The molecule has 240 valence electrons. The molecule has 9 nitrogen and oxygen atoms in total. The van der Waals surface area contributed by atoms with Crippen molar-refractivity contribution in [2.24, 2.45) is 5.41 Å². The number of amides is 1. The minimum absolute atomic E-state index is 0.0127. The molecule has 1 atom stereocenters. The lowest BCUT2D eigenvalue weighted by atomic mass is 9.86. The van der Waals surface area contributed by atoms with E-state index in [-0.39, 0.29) is 31.7 Å². The topological polar surface area (TPSA) is 132 Å². The van der Waals surface area contributed by atoms with Crippen LogP contribution in [0.25, 0.3) is 0 Å². The number of carbonyl (C=O) groups excluding carboxylic acids is 3. The molecule has 0 aliphatic rings. The first-order valence-corrected chi connectivity index (χ1v) is 15.2. The highest BCUT2D eigenvalue weighted by Crippen LogP contribution is 2.26. The number of carboxylic acid groups (broad SMARTS) is 1. The van der Waals surface area contributed by atoms with E-state index >= 15 is 0 Å². The fourth-order valence-electron chi connectivity index (χ4n) is 3.75. The van der Waals surface area contributed by atoms with Crippen molar-refractivity contribution in [3.05, 3.63) is 90.9 Å². The highest BCUT2D eigenvalue weighted by atomic mass is 16.6. The quantitative estimate of drug-likeness (QED) is 0.0846. The SMILES string of the molecule is CC/C=C\C/C=C\C/C=C\C/C=C\C/C=C\CCCC(=O)OCC(C)(C)[C@@H](OC(=O)c1ccccn1)C(=O)NCCC(=O)O. The van der Waals surface area contributed by atoms with E-state index in [9.17, 15) is 19.2 Å². The second kappa shape index (κ2) is 23.2. The predicted molar refractivity (Wildman–Crippen MR) is 172 cm³/mol. The van der Waals surface area contributed by atoms with E-state index in [1.54, 1.807) is 26.0 Å². The van der Waals surface area contributed by atoms with Crippen molar-refractivity contribution >= 4 is 23.8 Å². The van der Waals surface area contributed by atoms with Gasteiger partial charge in [-0.2, -0.15) is 0 Å². The number of esters is 2. The van der Waals surface area contributed by atoms with Gasteiger partial charge in [-0.25, -0.2) is 9.78 Å². The zero-order valence-electron chi connectivity index (χ0n) is 26.3. The molecule has 1 heterocycles. The van der Waals surface area contributed by atoms with Crippen LogP contribution in [0.15, 0.2) is 85.2 Å². The summed E-state index contributed by atoms with van der Waals surface area (Å²) in [5, 5.41) is 11.3. The van der Waals surface area contributed by atoms with Crippen molar-refractivity contribution in [3.8, 4) is 0 Å². The van der Waals surface area contributed by atoms with Gasteiger partial charge in [0, 0.05) is 24.6 Å². The minimum atomic E-state index is -1.35. The number of pyridine rings is 1. The number of aliphatic carboxylic acids is 1. The average Bonchev–Trinajstić information content (AvgIpc) is 3.00. The summed E-state index contributed by atoms with van der Waals surface area (Å²) < 4.78 is 10.9. The number of rotatable bonds is 22. The van der Waals surface area contributed by atoms with Gasteiger partial charge in [-0.1, -0.05) is 87.6 Å². The normalized spacial score (nSPS) is 12.9. The van der Waals surface area contributed by atoms with Crippen molar-refractivity contribution in [3.63, 3.8) is 0 Å². The maximum Gasteiger partial charge on any atom is 0.357 e. The first kappa shape index (κ1) is 37.8. The molecule has 0 fully saturated rings. The van der Waals surface area contributed by atoms with Crippen LogP contribution >= 0.6 is 0 Å². The van der Waals surface area contributed by atoms with Gasteiger partial charge < -0.3 is 19.9 Å². The molecule has 2 N–H and O–H groups in total. The summed E-state index contributed by atoms with van der Waals surface area (Å²) in [5.41, 5.74) is -1.09. The number of carboxylic acids is 1. The Morgan fingerprint density at radius 2 is 1.48 bits per heavy atom. The molecule has 0 bridgehead atoms. The Morgan fingerprint density at radius 1 is 0.886 bits per heavy atom. The van der Waals surface area contributed by atoms with Crippen LogP contribution in [0.5, 0.6) is 0 Å². The van der Waals surface area contributed by atoms with Gasteiger partial charge in [-0.3, -0.25) is 14.4 Å². The molecular weight excluding hydrogens is 560 g/mol. The van der Waals surface area contributed by atoms with Gasteiger partial charge in [0.15, 0.2) is 6.10 Å². The van der Waals surface area contributed by atoms with Crippen molar-refractivity contribution in [1.82, 2.24) is 10.3 Å². The standard InChI is InChI=1S/C35H48N2O7/c1-4-5-6-7-8-9-10-11-12-13-14-15-16-17-18-19-20-24-31(40)43-28-35(2,3)32(33(41)37-27-25-30(38)39)44-34(42)29-23-21-22-26-36-29/h5-6,8-9,11-12,14-15,17-18,21-23,26,32H,4,7,10,13,16,19-20,24-25,27-28H2,1-3H3,(H,37,41)(H,38,39)/b6-5-,9-8-,12-11-,15-14-,18-17-/t32-/m0/s1. The molecule has 0 radical (unpaired) electrons. The highest BCUT2D eigenvalue weighted by Gasteiger charge is 2.40. The lowest BCUT2D eigenvalue weighted by Gasteiger charge is -2.32. The van der Waals surface area contributed by atoms with Gasteiger partial charge in [0.2, 0.25) is 0 Å². The maximum atomic E-state index is 12.9. The smallest absolute Gasteiger partial charge is 0.357 e. The first-order valence-electron chi connectivity index (χ1n) is 15.2. The summed E-state index contributed by atoms with van der Waals surface area (Å²) in [4.78, 5) is 52.6. The lowest BCUT2D eigenvalue weighted by molar-refractivity contribution is -0.153. The van der Waals surface area contributed by atoms with Crippen LogP contribution in [-0.2, 0) is 23.9 Å². The van der Waals surface area contributed by atoms with Crippen LogP contribution in [-0.4, -0.2) is 53.2 Å². The number of allylic oxidation sites excluding steroid dienone is 10. The zero-order valence-corrected chi connectivity index (χ0v) is 26.3. The molecule has 0 unspecified atom stereocenters. The molecule has 1 rings (SSSR count). The van der Waals surface area contributed by atoms with E-state index in [4.69, 9.17) is 14.6 Å². The van der Waals surface area contributed by atoms with Crippen molar-refractivity contribution in [1.29, 1.82) is 0 Å². The fraction of sp³-hybridized carbons (Fsp3) is 0.457. The van der Waals surface area contributed by atoms with Gasteiger partial charge in [0.05, 0.1) is 6.42 Å². The summed E-state index contributed by atoms with van der Waals surface area (Å²) in [6, 6.07) is 4.70. The summed E-state index contributed by atoms with van der Waals surface area (Å²) in [6.07, 6.45) is 27.4. The molecule has 0 saturated heterocycles. The Morgan fingerprint density at radius 3 is 2.02 bits per heavy atom. The van der Waals surface area contributed by atoms with Gasteiger partial charge in [0.1, 0.15) is 12.3 Å². The van der Waals surface area contributed by atoms with E-state index in [0.717, 1.165) is 38.5 Å². The molecule has 0 spiro atoms. The number of nitrogens with one attached hydrogen (secondary N) is 1. The molecule has 1 amide bonds. The Hall–Kier alpha value is -4.27. The number of carbonyl (C=O) groups is 4. The number of ether oxygens (including phenoxy) is 2. The average molecular weight is 609 g/mol. The summed E-state index contributed by atoms with van der Waals surface area (Å²) in [7, 11) is 0. The summed E-state index contributed by atoms with van der Waals surface area (Å²) in [5.74, 6) is -3.01. The maximum absolute atomic E-state index is 12.9. The van der Waals surface area contributed by atoms with Gasteiger partial charge in [-0.05, 0) is 57.1 Å². The van der Waals surface area contributed by atoms with Crippen LogP contribution in [0.4, 0.5) is 0 Å². The molecule has 1 aromatic rings. The third-order valence-corrected chi connectivity index (χ3v) is 6.20. The number of nitrogens with zero attached hydrogens (tertiary/aromatic N) is 1. The van der Waals surface area contributed by atoms with Crippen molar-refractivity contribution < 1.29 is 33.8 Å². The molecule has 0 aliphatic carbocycles. The van der Waals surface area contributed by atoms with Gasteiger partial charge in [-0.15, -0.1) is 0 Å². The molecule has 0 aliphatic heterocycles. The Bertz CT molecular complexity index is 1150. The number of hydrogen-bond donors (Lipinski definition) is 2. The number of aromatic nitrogens is 1. The van der Waals surface area contributed by atoms with Crippen LogP contribution in [0.1, 0.15) is 89.0 Å². The lowest BCUT2D eigenvalue weighted by Crippen LogP contribution is -2.49. The molecule has 44 heavy (non-hydrogen) atoms. The first-order chi connectivity index (χ1) is 21.2. The van der Waals surface area contributed by atoms with Crippen molar-refractivity contribution in [2.75, 3.05) is 13.2 Å². The van der Waals surface area contributed by atoms with Crippen LogP contribution < -0.4 is 5.32 Å².